The summed E-state index contributed by atoms with van der Waals surface area (Å²) in [6.07, 6.45) is -21.1. The molecule has 0 aliphatic carbocycles. The molecule has 23 heavy (non-hydrogen) atoms. The van der Waals surface area contributed by atoms with Crippen molar-refractivity contribution in [3.05, 3.63) is 0 Å². The topological polar surface area (TPSA) is 190 Å². The van der Waals surface area contributed by atoms with Gasteiger partial charge in [-0.2, -0.15) is 0 Å². The van der Waals surface area contributed by atoms with E-state index in [2.05, 4.69) is 0 Å². The molecule has 2 rings (SSSR count). The van der Waals surface area contributed by atoms with Crippen LogP contribution in [-0.4, -0.2) is 115 Å². The first-order valence-electron chi connectivity index (χ1n) is 7.86. The third-order valence-electron chi connectivity index (χ3n) is 3.69. The first-order valence-corrected chi connectivity index (χ1v) is 6.86. The molecule has 136 valence electrons. The molecule has 2 aliphatic rings. The fourth-order valence-electron chi connectivity index (χ4n) is 2.23. The number of rotatable bonds is 4. The molecule has 0 aromatic rings. The number of hydrogen-bond acceptors (Lipinski definition) is 11. The van der Waals surface area contributed by atoms with E-state index in [4.69, 9.17) is 27.2 Å². The number of hydrogen-bond donors (Lipinski definition) is 8. The van der Waals surface area contributed by atoms with Crippen LogP contribution in [0.4, 0.5) is 0 Å². The molecule has 2 aliphatic heterocycles. The molecule has 11 heteroatoms. The molecule has 0 aromatic heterocycles. The molecule has 0 unspecified atom stereocenters. The highest BCUT2D eigenvalue weighted by molar-refractivity contribution is 4.92. The molecule has 8 N–H and O–H groups in total. The van der Waals surface area contributed by atoms with E-state index in [9.17, 15) is 30.6 Å². The van der Waals surface area contributed by atoms with E-state index in [1.807, 2.05) is 0 Å². The molecule has 2 saturated heterocycles. The van der Waals surface area contributed by atoms with Crippen LogP contribution in [0.3, 0.4) is 0 Å². The predicted octanol–water partition coefficient (Wildman–Crippen LogP) is -5.40. The van der Waals surface area contributed by atoms with Crippen molar-refractivity contribution in [3.8, 4) is 0 Å². The maximum absolute atomic E-state index is 9.94. The Bertz CT molecular complexity index is 428. The second-order valence-corrected chi connectivity index (χ2v) is 5.27. The van der Waals surface area contributed by atoms with Crippen LogP contribution in [0.15, 0.2) is 0 Å². The Morgan fingerprint density at radius 3 is 1.30 bits per heavy atom. The van der Waals surface area contributed by atoms with Gasteiger partial charge in [0.1, 0.15) is 48.8 Å². The van der Waals surface area contributed by atoms with E-state index < -0.39 is 74.6 Å². The zero-order valence-electron chi connectivity index (χ0n) is 13.8. The third kappa shape index (κ3) is 3.65. The number of aliphatic hydroxyl groups is 8. The molecule has 2 fully saturated rings. The van der Waals surface area contributed by atoms with Crippen LogP contribution >= 0.6 is 0 Å². The van der Waals surface area contributed by atoms with Gasteiger partial charge in [0, 0.05) is 0 Å². The van der Waals surface area contributed by atoms with Gasteiger partial charge in [-0.1, -0.05) is 0 Å². The Morgan fingerprint density at radius 2 is 1.00 bits per heavy atom. The monoisotopic (exact) mass is 344 g/mol. The van der Waals surface area contributed by atoms with E-state index in [1.54, 1.807) is 0 Å². The van der Waals surface area contributed by atoms with E-state index in [1.165, 1.54) is 0 Å². The minimum atomic E-state index is -2.99. The zero-order chi connectivity index (χ0) is 19.2. The molecular weight excluding hydrogens is 320 g/mol. The van der Waals surface area contributed by atoms with Gasteiger partial charge in [0.15, 0.2) is 12.5 Å². The lowest BCUT2D eigenvalue weighted by Gasteiger charge is -2.44. The summed E-state index contributed by atoms with van der Waals surface area (Å²) in [4.78, 5) is 0. The van der Waals surface area contributed by atoms with Crippen molar-refractivity contribution in [2.75, 3.05) is 13.2 Å². The van der Waals surface area contributed by atoms with E-state index in [-0.39, 0.29) is 0 Å². The fraction of sp³-hybridized carbons (Fsp3) is 1.00. The Hall–Kier alpha value is -0.440. The van der Waals surface area contributed by atoms with Crippen molar-refractivity contribution in [1.29, 1.82) is 0 Å². The highest BCUT2D eigenvalue weighted by Crippen LogP contribution is 2.27. The summed E-state index contributed by atoms with van der Waals surface area (Å²) in [5.74, 6) is 0. The first kappa shape index (κ1) is 16.1. The normalized spacial score (nSPS) is 59.3. The molecule has 0 bridgehead atoms. The van der Waals surface area contributed by atoms with Gasteiger partial charge >= 0.3 is 0 Å². The van der Waals surface area contributed by atoms with Gasteiger partial charge in [0.2, 0.25) is 0 Å². The molecule has 0 saturated carbocycles. The van der Waals surface area contributed by atoms with Crippen LogP contribution in [0.5, 0.6) is 0 Å². The van der Waals surface area contributed by atoms with Crippen LogP contribution in [0.25, 0.3) is 0 Å². The molecular formula is C12H22O11. The Morgan fingerprint density at radius 1 is 0.652 bits per heavy atom. The Labute approximate surface area is 133 Å². The van der Waals surface area contributed by atoms with Gasteiger partial charge in [-0.3, -0.25) is 0 Å². The molecule has 0 radical (unpaired) electrons. The lowest BCUT2D eigenvalue weighted by molar-refractivity contribution is -0.376. The van der Waals surface area contributed by atoms with E-state index >= 15 is 0 Å². The average molecular weight is 344 g/mol. The summed E-state index contributed by atoms with van der Waals surface area (Å²) in [5, 5.41) is 77.0. The second kappa shape index (κ2) is 7.63. The lowest BCUT2D eigenvalue weighted by Crippen LogP contribution is -2.63. The summed E-state index contributed by atoms with van der Waals surface area (Å²) in [7, 11) is 0. The summed E-state index contributed by atoms with van der Waals surface area (Å²) < 4.78 is 30.6. The van der Waals surface area contributed by atoms with Gasteiger partial charge in [0.05, 0.1) is 16.0 Å². The molecule has 11 nitrogen and oxygen atoms in total. The largest absolute Gasteiger partial charge is 0.394 e. The lowest BCUT2D eigenvalue weighted by atomic mass is 9.98. The van der Waals surface area contributed by atoms with Crippen molar-refractivity contribution >= 4 is 0 Å². The van der Waals surface area contributed by atoms with Gasteiger partial charge in [0.25, 0.3) is 0 Å². The van der Waals surface area contributed by atoms with Gasteiger partial charge in [-0.25, -0.2) is 0 Å². The van der Waals surface area contributed by atoms with Crippen molar-refractivity contribution in [2.45, 2.75) is 61.4 Å². The zero-order valence-corrected chi connectivity index (χ0v) is 11.8. The minimum absolute atomic E-state index is 0.871. The van der Waals surface area contributed by atoms with Gasteiger partial charge in [-0.05, 0) is 0 Å². The van der Waals surface area contributed by atoms with Crippen LogP contribution in [0.2, 0.25) is 0 Å². The first-order chi connectivity index (χ1) is 11.5. The molecule has 0 amide bonds. The highest BCUT2D eigenvalue weighted by atomic mass is 16.8. The summed E-state index contributed by atoms with van der Waals surface area (Å²) in [6.45, 7) is -1.74. The van der Waals surface area contributed by atoms with Crippen LogP contribution in [0.1, 0.15) is 2.74 Å². The summed E-state index contributed by atoms with van der Waals surface area (Å²) in [6, 6.07) is 0. The van der Waals surface area contributed by atoms with Crippen LogP contribution in [-0.2, 0) is 14.2 Å². The standard InChI is InChI=1S/C12H22O11/c13-1-3-5(15)7(17)9(19)11(21-3)23-12-10(20)8(18)6(16)4(2-14)22-12/h3-20H,1-2H2/t3-,4-,5-,6-,7+,8+,9-,10-,11-,12+/m1/s1/i11D,12D. The van der Waals surface area contributed by atoms with Gasteiger partial charge < -0.3 is 55.1 Å². The third-order valence-corrected chi connectivity index (χ3v) is 3.69. The average Bonchev–Trinajstić information content (AvgIpc) is 2.58. The number of ether oxygens (including phenoxy) is 3. The van der Waals surface area contributed by atoms with Crippen molar-refractivity contribution in [1.82, 2.24) is 0 Å². The maximum atomic E-state index is 9.94. The predicted molar refractivity (Wildman–Crippen MR) is 68.6 cm³/mol. The fourth-order valence-corrected chi connectivity index (χ4v) is 2.23. The summed E-state index contributed by atoms with van der Waals surface area (Å²) in [5.41, 5.74) is 0. The summed E-state index contributed by atoms with van der Waals surface area (Å²) >= 11 is 0. The van der Waals surface area contributed by atoms with Crippen LogP contribution < -0.4 is 0 Å². The Kier molecular flexibility index (Phi) is 5.33. The molecule has 10 atom stereocenters. The minimum Gasteiger partial charge on any atom is -0.394 e. The van der Waals surface area contributed by atoms with Crippen molar-refractivity contribution in [3.63, 3.8) is 0 Å². The maximum Gasteiger partial charge on any atom is 0.189 e. The molecule has 0 spiro atoms. The van der Waals surface area contributed by atoms with Crippen molar-refractivity contribution in [2.24, 2.45) is 0 Å². The highest BCUT2D eigenvalue weighted by Gasteiger charge is 2.49. The van der Waals surface area contributed by atoms with E-state index in [0.717, 1.165) is 0 Å². The smallest absolute Gasteiger partial charge is 0.189 e. The number of aliphatic hydroxyl groups excluding tert-OH is 8. The van der Waals surface area contributed by atoms with Gasteiger partial charge in [-0.15, -0.1) is 0 Å². The Balaban J connectivity index is 2.28. The molecule has 2 heterocycles. The molecule has 0 aromatic carbocycles. The van der Waals surface area contributed by atoms with E-state index in [0.29, 0.717) is 0 Å². The van der Waals surface area contributed by atoms with Crippen LogP contribution in [0, 0.1) is 0 Å². The SMILES string of the molecule is [2H][C@@]1(O[C@@]2([2H])O[C@H](CO)[C@@H](O)[C@H](O)[C@H]2O)O[C@H](CO)[C@@H](O)[C@H](O)[C@H]1O. The van der Waals surface area contributed by atoms with Crippen molar-refractivity contribution < 1.29 is 57.8 Å². The quantitative estimate of drug-likeness (QED) is 0.243. The second-order valence-electron chi connectivity index (χ2n) is 5.27.